The van der Waals surface area contributed by atoms with Crippen molar-refractivity contribution < 1.29 is 15.0 Å². The minimum Gasteiger partial charge on any atom is -0.480 e. The Balaban J connectivity index is 4.38. The average Bonchev–Trinajstić information content (AvgIpc) is 1.85. The van der Waals surface area contributed by atoms with Gasteiger partial charge in [0.2, 0.25) is 0 Å². The molecule has 60 valence electrons. The van der Waals surface area contributed by atoms with Gasteiger partial charge in [-0.1, -0.05) is 6.92 Å². The van der Waals surface area contributed by atoms with Crippen LogP contribution in [-0.4, -0.2) is 27.8 Å². The molecule has 0 bridgehead atoms. The molecule has 0 spiro atoms. The highest BCUT2D eigenvalue weighted by Gasteiger charge is 2.36. The summed E-state index contributed by atoms with van der Waals surface area (Å²) >= 11 is 0. The molecule has 4 N–H and O–H groups in total. The standard InChI is InChI=1S/C6H13NO3/c1-3-6(7,4(2)8)5(9)10/h4,8H,3,7H2,1-2H3,(H,9,10). The largest absolute Gasteiger partial charge is 0.480 e. The summed E-state index contributed by atoms with van der Waals surface area (Å²) in [5, 5.41) is 17.5. The number of aliphatic carboxylic acids is 1. The van der Waals surface area contributed by atoms with Crippen molar-refractivity contribution in [2.75, 3.05) is 0 Å². The highest BCUT2D eigenvalue weighted by molar-refractivity contribution is 5.79. The molecule has 0 aromatic heterocycles. The fraction of sp³-hybridized carbons (Fsp3) is 0.833. The van der Waals surface area contributed by atoms with E-state index in [0.29, 0.717) is 0 Å². The van der Waals surface area contributed by atoms with Crippen LogP contribution in [0.2, 0.25) is 0 Å². The van der Waals surface area contributed by atoms with E-state index in [1.807, 2.05) is 0 Å². The van der Waals surface area contributed by atoms with Crippen LogP contribution < -0.4 is 5.73 Å². The van der Waals surface area contributed by atoms with Crippen molar-refractivity contribution in [3.8, 4) is 0 Å². The Kier molecular flexibility index (Phi) is 2.80. The number of carboxylic acid groups (broad SMARTS) is 1. The Bertz CT molecular complexity index is 135. The SMILES string of the molecule is CCC(N)(C(=O)O)C(C)O. The number of carbonyl (C=O) groups is 1. The van der Waals surface area contributed by atoms with E-state index >= 15 is 0 Å². The molecule has 0 aliphatic carbocycles. The Morgan fingerprint density at radius 3 is 2.20 bits per heavy atom. The predicted molar refractivity (Wildman–Crippen MR) is 36.5 cm³/mol. The van der Waals surface area contributed by atoms with Gasteiger partial charge >= 0.3 is 5.97 Å². The maximum atomic E-state index is 10.4. The normalized spacial score (nSPS) is 19.6. The van der Waals surface area contributed by atoms with Gasteiger partial charge in [-0.15, -0.1) is 0 Å². The molecule has 2 unspecified atom stereocenters. The minimum atomic E-state index is -1.49. The molecule has 2 atom stereocenters. The van der Waals surface area contributed by atoms with Gasteiger partial charge in [0.05, 0.1) is 6.10 Å². The highest BCUT2D eigenvalue weighted by atomic mass is 16.4. The lowest BCUT2D eigenvalue weighted by Gasteiger charge is -2.25. The molecule has 4 heteroatoms. The zero-order valence-electron chi connectivity index (χ0n) is 6.16. The summed E-state index contributed by atoms with van der Waals surface area (Å²) in [6.45, 7) is 3.00. The molecule has 10 heavy (non-hydrogen) atoms. The molecule has 0 saturated carbocycles. The van der Waals surface area contributed by atoms with Crippen molar-refractivity contribution in [2.45, 2.75) is 31.9 Å². The van der Waals surface area contributed by atoms with Gasteiger partial charge in [0.15, 0.2) is 0 Å². The Morgan fingerprint density at radius 2 is 2.20 bits per heavy atom. The van der Waals surface area contributed by atoms with Crippen LogP contribution in [0, 0.1) is 0 Å². The van der Waals surface area contributed by atoms with Gasteiger partial charge in [-0.25, -0.2) is 0 Å². The van der Waals surface area contributed by atoms with Crippen molar-refractivity contribution in [2.24, 2.45) is 5.73 Å². The van der Waals surface area contributed by atoms with Crippen molar-refractivity contribution in [3.05, 3.63) is 0 Å². The Hall–Kier alpha value is -0.610. The second-order valence-electron chi connectivity index (χ2n) is 2.38. The van der Waals surface area contributed by atoms with E-state index in [-0.39, 0.29) is 6.42 Å². The lowest BCUT2D eigenvalue weighted by Crippen LogP contribution is -2.55. The third kappa shape index (κ3) is 1.46. The quantitative estimate of drug-likeness (QED) is 0.505. The first-order valence-electron chi connectivity index (χ1n) is 3.15. The minimum absolute atomic E-state index is 0.222. The first-order chi connectivity index (χ1) is 4.45. The number of aliphatic hydroxyl groups is 1. The van der Waals surface area contributed by atoms with Crippen molar-refractivity contribution in [1.29, 1.82) is 0 Å². The fourth-order valence-electron chi connectivity index (χ4n) is 0.625. The molecule has 0 amide bonds. The van der Waals surface area contributed by atoms with Crippen LogP contribution in [0.25, 0.3) is 0 Å². The molecule has 0 fully saturated rings. The molecule has 0 radical (unpaired) electrons. The van der Waals surface area contributed by atoms with E-state index < -0.39 is 17.6 Å². The van der Waals surface area contributed by atoms with E-state index in [9.17, 15) is 4.79 Å². The highest BCUT2D eigenvalue weighted by Crippen LogP contribution is 2.11. The summed E-state index contributed by atoms with van der Waals surface area (Å²) in [7, 11) is 0. The number of carboxylic acids is 1. The maximum absolute atomic E-state index is 10.4. The van der Waals surface area contributed by atoms with E-state index in [0.717, 1.165) is 0 Å². The first kappa shape index (κ1) is 9.39. The lowest BCUT2D eigenvalue weighted by molar-refractivity contribution is -0.147. The molecule has 4 nitrogen and oxygen atoms in total. The third-order valence-corrected chi connectivity index (χ3v) is 1.73. The number of rotatable bonds is 3. The van der Waals surface area contributed by atoms with E-state index in [1.165, 1.54) is 6.92 Å². The molecule has 0 aliphatic rings. The summed E-state index contributed by atoms with van der Waals surface area (Å²) in [6, 6.07) is 0. The molecular formula is C6H13NO3. The van der Waals surface area contributed by atoms with E-state index in [2.05, 4.69) is 0 Å². The average molecular weight is 147 g/mol. The number of hydrogen-bond acceptors (Lipinski definition) is 3. The Morgan fingerprint density at radius 1 is 1.80 bits per heavy atom. The van der Waals surface area contributed by atoms with Crippen molar-refractivity contribution in [1.82, 2.24) is 0 Å². The molecule has 0 aliphatic heterocycles. The van der Waals surface area contributed by atoms with Crippen LogP contribution in [-0.2, 0) is 4.79 Å². The third-order valence-electron chi connectivity index (χ3n) is 1.73. The second-order valence-corrected chi connectivity index (χ2v) is 2.38. The maximum Gasteiger partial charge on any atom is 0.326 e. The summed E-state index contributed by atoms with van der Waals surface area (Å²) < 4.78 is 0. The summed E-state index contributed by atoms with van der Waals surface area (Å²) in [5.41, 5.74) is 3.85. The number of aliphatic hydroxyl groups excluding tert-OH is 1. The van der Waals surface area contributed by atoms with Crippen molar-refractivity contribution >= 4 is 5.97 Å². The molecule has 0 aromatic carbocycles. The lowest BCUT2D eigenvalue weighted by atomic mass is 9.92. The topological polar surface area (TPSA) is 83.6 Å². The molecular weight excluding hydrogens is 134 g/mol. The van der Waals surface area contributed by atoms with Gasteiger partial charge in [-0.2, -0.15) is 0 Å². The van der Waals surface area contributed by atoms with Gasteiger partial charge in [0.25, 0.3) is 0 Å². The smallest absolute Gasteiger partial charge is 0.326 e. The summed E-state index contributed by atoms with van der Waals surface area (Å²) in [5.74, 6) is -1.16. The van der Waals surface area contributed by atoms with Crippen LogP contribution in [0.5, 0.6) is 0 Å². The van der Waals surface area contributed by atoms with Gasteiger partial charge in [0, 0.05) is 0 Å². The fourth-order valence-corrected chi connectivity index (χ4v) is 0.625. The van der Waals surface area contributed by atoms with Gasteiger partial charge in [-0.05, 0) is 13.3 Å². The summed E-state index contributed by atoms with van der Waals surface area (Å²) in [4.78, 5) is 10.4. The molecule has 0 aromatic rings. The van der Waals surface area contributed by atoms with E-state index in [1.54, 1.807) is 6.92 Å². The van der Waals surface area contributed by atoms with Gasteiger partial charge in [0.1, 0.15) is 5.54 Å². The van der Waals surface area contributed by atoms with Crippen LogP contribution >= 0.6 is 0 Å². The molecule has 0 rings (SSSR count). The van der Waals surface area contributed by atoms with Gasteiger partial charge < -0.3 is 15.9 Å². The van der Waals surface area contributed by atoms with Crippen LogP contribution in [0.1, 0.15) is 20.3 Å². The van der Waals surface area contributed by atoms with Crippen LogP contribution in [0.3, 0.4) is 0 Å². The second kappa shape index (κ2) is 2.98. The van der Waals surface area contributed by atoms with Crippen molar-refractivity contribution in [3.63, 3.8) is 0 Å². The van der Waals surface area contributed by atoms with Gasteiger partial charge in [-0.3, -0.25) is 4.79 Å². The van der Waals surface area contributed by atoms with E-state index in [4.69, 9.17) is 15.9 Å². The monoisotopic (exact) mass is 147 g/mol. The molecule has 0 saturated heterocycles. The van der Waals surface area contributed by atoms with Crippen LogP contribution in [0.15, 0.2) is 0 Å². The first-order valence-corrected chi connectivity index (χ1v) is 3.15. The molecule has 0 heterocycles. The predicted octanol–water partition coefficient (Wildman–Crippen LogP) is -0.441. The summed E-state index contributed by atoms with van der Waals surface area (Å²) in [6.07, 6.45) is -0.796. The Labute approximate surface area is 59.7 Å². The van der Waals surface area contributed by atoms with Crippen LogP contribution in [0.4, 0.5) is 0 Å². The number of hydrogen-bond donors (Lipinski definition) is 3. The number of nitrogens with two attached hydrogens (primary N) is 1. The zero-order valence-corrected chi connectivity index (χ0v) is 6.16. The zero-order chi connectivity index (χ0) is 8.36.